The van der Waals surface area contributed by atoms with Crippen LogP contribution in [0.4, 0.5) is 0 Å². The average Bonchev–Trinajstić information content (AvgIpc) is 3.19. The molecule has 2 atom stereocenters. The first-order valence-corrected chi connectivity index (χ1v) is 9.47. The lowest BCUT2D eigenvalue weighted by Crippen LogP contribution is -2.47. The molecular formula is C18H31N5O. The lowest BCUT2D eigenvalue weighted by molar-refractivity contribution is 0.111. The maximum atomic E-state index is 5.58. The monoisotopic (exact) mass is 333 g/mol. The second-order valence-corrected chi connectivity index (χ2v) is 7.89. The SMILES string of the molecule is CN1CCN(C[C@H]2CN(C[C@H]3CCOC3)Cc3nccn3C2)CC1. The van der Waals surface area contributed by atoms with Crippen molar-refractivity contribution in [2.45, 2.75) is 19.5 Å². The molecule has 6 nitrogen and oxygen atoms in total. The molecule has 0 radical (unpaired) electrons. The van der Waals surface area contributed by atoms with Gasteiger partial charge in [0.05, 0.1) is 13.2 Å². The highest BCUT2D eigenvalue weighted by Crippen LogP contribution is 2.21. The van der Waals surface area contributed by atoms with Crippen LogP contribution in [0, 0.1) is 11.8 Å². The number of ether oxygens (including phenoxy) is 1. The quantitative estimate of drug-likeness (QED) is 0.806. The average molecular weight is 333 g/mol. The number of rotatable bonds is 4. The molecule has 0 aromatic carbocycles. The molecule has 0 unspecified atom stereocenters. The van der Waals surface area contributed by atoms with Gasteiger partial charge < -0.3 is 19.1 Å². The molecule has 1 aromatic heterocycles. The molecule has 6 heteroatoms. The summed E-state index contributed by atoms with van der Waals surface area (Å²) in [6.07, 6.45) is 5.34. The minimum Gasteiger partial charge on any atom is -0.381 e. The summed E-state index contributed by atoms with van der Waals surface area (Å²) in [7, 11) is 2.23. The van der Waals surface area contributed by atoms with Gasteiger partial charge in [0.2, 0.25) is 0 Å². The van der Waals surface area contributed by atoms with Crippen molar-refractivity contribution in [1.29, 1.82) is 0 Å². The predicted octanol–water partition coefficient (Wildman–Crippen LogP) is 0.599. The molecule has 0 spiro atoms. The summed E-state index contributed by atoms with van der Waals surface area (Å²) >= 11 is 0. The molecule has 0 N–H and O–H groups in total. The first-order chi connectivity index (χ1) is 11.8. The van der Waals surface area contributed by atoms with Crippen LogP contribution in [0.15, 0.2) is 12.4 Å². The van der Waals surface area contributed by atoms with Crippen molar-refractivity contribution in [3.8, 4) is 0 Å². The van der Waals surface area contributed by atoms with Gasteiger partial charge in [-0.1, -0.05) is 0 Å². The Balaban J connectivity index is 1.40. The van der Waals surface area contributed by atoms with Gasteiger partial charge in [0, 0.05) is 77.3 Å². The van der Waals surface area contributed by atoms with E-state index in [0.29, 0.717) is 11.8 Å². The molecule has 3 aliphatic heterocycles. The lowest BCUT2D eigenvalue weighted by atomic mass is 10.1. The second kappa shape index (κ2) is 7.52. The Morgan fingerprint density at radius 1 is 1.08 bits per heavy atom. The van der Waals surface area contributed by atoms with Crippen LogP contribution in [0.3, 0.4) is 0 Å². The van der Waals surface area contributed by atoms with Crippen molar-refractivity contribution in [1.82, 2.24) is 24.3 Å². The molecule has 4 rings (SSSR count). The predicted molar refractivity (Wildman–Crippen MR) is 93.9 cm³/mol. The summed E-state index contributed by atoms with van der Waals surface area (Å²) in [6, 6.07) is 0. The van der Waals surface area contributed by atoms with E-state index in [9.17, 15) is 0 Å². The summed E-state index contributed by atoms with van der Waals surface area (Å²) in [5, 5.41) is 0. The van der Waals surface area contributed by atoms with Gasteiger partial charge in [-0.25, -0.2) is 4.98 Å². The molecular weight excluding hydrogens is 302 g/mol. The lowest BCUT2D eigenvalue weighted by Gasteiger charge is -2.35. The number of likely N-dealkylation sites (N-methyl/N-ethyl adjacent to an activating group) is 1. The van der Waals surface area contributed by atoms with Crippen molar-refractivity contribution in [3.05, 3.63) is 18.2 Å². The zero-order chi connectivity index (χ0) is 16.4. The van der Waals surface area contributed by atoms with Crippen LogP contribution in [0.25, 0.3) is 0 Å². The molecule has 0 bridgehead atoms. The minimum absolute atomic E-state index is 0.686. The van der Waals surface area contributed by atoms with Gasteiger partial charge in [-0.05, 0) is 19.4 Å². The summed E-state index contributed by atoms with van der Waals surface area (Å²) in [4.78, 5) is 12.3. The van der Waals surface area contributed by atoms with Crippen molar-refractivity contribution < 1.29 is 4.74 Å². The normalized spacial score (nSPS) is 30.4. The largest absolute Gasteiger partial charge is 0.381 e. The molecule has 134 valence electrons. The molecule has 0 saturated carbocycles. The van der Waals surface area contributed by atoms with Crippen LogP contribution in [0.1, 0.15) is 12.2 Å². The third kappa shape index (κ3) is 3.99. The molecule has 0 amide bonds. The Morgan fingerprint density at radius 3 is 2.71 bits per heavy atom. The van der Waals surface area contributed by atoms with Gasteiger partial charge >= 0.3 is 0 Å². The minimum atomic E-state index is 0.686. The highest BCUT2D eigenvalue weighted by atomic mass is 16.5. The fourth-order valence-corrected chi connectivity index (χ4v) is 4.37. The smallest absolute Gasteiger partial charge is 0.122 e. The van der Waals surface area contributed by atoms with Crippen molar-refractivity contribution in [3.63, 3.8) is 0 Å². The molecule has 24 heavy (non-hydrogen) atoms. The zero-order valence-corrected chi connectivity index (χ0v) is 14.9. The maximum absolute atomic E-state index is 5.58. The van der Waals surface area contributed by atoms with E-state index < -0.39 is 0 Å². The first-order valence-electron chi connectivity index (χ1n) is 9.47. The topological polar surface area (TPSA) is 36.8 Å². The molecule has 0 aliphatic carbocycles. The number of nitrogens with zero attached hydrogens (tertiary/aromatic N) is 5. The first kappa shape index (κ1) is 16.5. The summed E-state index contributed by atoms with van der Waals surface area (Å²) in [5.41, 5.74) is 0. The van der Waals surface area contributed by atoms with Crippen LogP contribution in [-0.4, -0.2) is 90.3 Å². The Kier molecular flexibility index (Phi) is 5.17. The summed E-state index contributed by atoms with van der Waals surface area (Å²) in [6.45, 7) is 12.4. The Hall–Kier alpha value is -0.950. The standard InChI is InChI=1S/C18H31N5O/c1-20-5-7-21(8-6-20)11-17-12-22(10-16-2-9-24-15-16)14-18-19-3-4-23(18)13-17/h3-4,16-17H,2,5-15H2,1H3/t16-,17+/m1/s1. The van der Waals surface area contributed by atoms with Gasteiger partial charge in [-0.3, -0.25) is 4.90 Å². The van der Waals surface area contributed by atoms with Crippen LogP contribution < -0.4 is 0 Å². The Bertz CT molecular complexity index is 519. The van der Waals surface area contributed by atoms with E-state index in [1.807, 2.05) is 6.20 Å². The van der Waals surface area contributed by atoms with Crippen molar-refractivity contribution in [2.75, 3.05) is 66.1 Å². The van der Waals surface area contributed by atoms with Gasteiger partial charge in [0.1, 0.15) is 5.82 Å². The van der Waals surface area contributed by atoms with Gasteiger partial charge in [0.15, 0.2) is 0 Å². The third-order valence-electron chi connectivity index (χ3n) is 5.79. The summed E-state index contributed by atoms with van der Waals surface area (Å²) in [5.74, 6) is 2.62. The van der Waals surface area contributed by atoms with Gasteiger partial charge in [-0.2, -0.15) is 0 Å². The van der Waals surface area contributed by atoms with Crippen molar-refractivity contribution in [2.24, 2.45) is 11.8 Å². The molecule has 1 aromatic rings. The molecule has 3 aliphatic rings. The summed E-state index contributed by atoms with van der Waals surface area (Å²) < 4.78 is 7.96. The van der Waals surface area contributed by atoms with E-state index in [1.165, 1.54) is 51.5 Å². The van der Waals surface area contributed by atoms with Crippen LogP contribution >= 0.6 is 0 Å². The van der Waals surface area contributed by atoms with Crippen LogP contribution in [0.5, 0.6) is 0 Å². The fraction of sp³-hybridized carbons (Fsp3) is 0.833. The number of fused-ring (bicyclic) bond motifs is 1. The molecule has 2 fully saturated rings. The fourth-order valence-electron chi connectivity index (χ4n) is 4.37. The van der Waals surface area contributed by atoms with Gasteiger partial charge in [0.25, 0.3) is 0 Å². The number of piperazine rings is 1. The zero-order valence-electron chi connectivity index (χ0n) is 14.9. The van der Waals surface area contributed by atoms with Crippen LogP contribution in [-0.2, 0) is 17.8 Å². The Labute approximate surface area is 145 Å². The number of imidazole rings is 1. The van der Waals surface area contributed by atoms with Gasteiger partial charge in [-0.15, -0.1) is 0 Å². The van der Waals surface area contributed by atoms with Crippen molar-refractivity contribution >= 4 is 0 Å². The second-order valence-electron chi connectivity index (χ2n) is 7.89. The number of hydrogen-bond donors (Lipinski definition) is 0. The highest BCUT2D eigenvalue weighted by molar-refractivity contribution is 4.96. The number of aromatic nitrogens is 2. The molecule has 4 heterocycles. The van der Waals surface area contributed by atoms with Crippen LogP contribution in [0.2, 0.25) is 0 Å². The maximum Gasteiger partial charge on any atom is 0.122 e. The van der Waals surface area contributed by atoms with E-state index in [-0.39, 0.29) is 0 Å². The van der Waals surface area contributed by atoms with E-state index in [0.717, 1.165) is 32.8 Å². The van der Waals surface area contributed by atoms with E-state index in [4.69, 9.17) is 4.74 Å². The number of hydrogen-bond acceptors (Lipinski definition) is 5. The molecule has 2 saturated heterocycles. The van der Waals surface area contributed by atoms with E-state index >= 15 is 0 Å². The Morgan fingerprint density at radius 2 is 1.92 bits per heavy atom. The van der Waals surface area contributed by atoms with E-state index in [1.54, 1.807) is 0 Å². The highest BCUT2D eigenvalue weighted by Gasteiger charge is 2.27. The van der Waals surface area contributed by atoms with E-state index in [2.05, 4.69) is 37.5 Å². The third-order valence-corrected chi connectivity index (χ3v) is 5.79.